The van der Waals surface area contributed by atoms with Crippen LogP contribution in [0.3, 0.4) is 0 Å². The molecule has 0 fully saturated rings. The summed E-state index contributed by atoms with van der Waals surface area (Å²) in [5.74, 6) is 0. The molecule has 0 amide bonds. The molecule has 0 saturated carbocycles. The van der Waals surface area contributed by atoms with E-state index in [1.807, 2.05) is 0 Å². The molecule has 0 rings (SSSR count). The van der Waals surface area contributed by atoms with E-state index in [0.29, 0.717) is 0 Å². The normalized spacial score (nSPS) is 13.4. The Morgan fingerprint density at radius 2 is 0.737 bits per heavy atom. The zero-order valence-electron chi connectivity index (χ0n) is 7.68. The zero-order valence-corrected chi connectivity index (χ0v) is 12.4. The Morgan fingerprint density at radius 1 is 0.579 bits per heavy atom. The summed E-state index contributed by atoms with van der Waals surface area (Å²) in [6.07, 6.45) is 0. The predicted molar refractivity (Wildman–Crippen MR) is 54.1 cm³/mol. The first kappa shape index (κ1) is 26.0. The van der Waals surface area contributed by atoms with Gasteiger partial charge in [0.2, 0.25) is 0 Å². The Kier molecular flexibility index (Phi) is 11.8. The Labute approximate surface area is 138 Å². The molecule has 0 aromatic carbocycles. The van der Waals surface area contributed by atoms with Crippen LogP contribution in [0.25, 0.3) is 0 Å². The van der Waals surface area contributed by atoms with Crippen molar-refractivity contribution in [2.45, 2.75) is 0 Å². The summed E-state index contributed by atoms with van der Waals surface area (Å²) in [7, 11) is -22.9. The van der Waals surface area contributed by atoms with Crippen molar-refractivity contribution in [1.29, 1.82) is 0 Å². The molecular formula is H7FeNaO13P4. The van der Waals surface area contributed by atoms with E-state index in [1.165, 1.54) is 0 Å². The molecule has 19 heteroatoms. The number of phosphoric acid groups is 4. The van der Waals surface area contributed by atoms with E-state index < -0.39 is 31.3 Å². The molecule has 114 valence electrons. The molecule has 0 aromatic heterocycles. The molecule has 0 atom stereocenters. The van der Waals surface area contributed by atoms with Crippen LogP contribution < -0.4 is 0 Å². The van der Waals surface area contributed by atoms with E-state index in [0.717, 1.165) is 0 Å². The summed E-state index contributed by atoms with van der Waals surface area (Å²) in [6, 6.07) is 0. The second-order valence-corrected chi connectivity index (χ2v) is 7.96. The number of hydrogen-bond acceptors (Lipinski definition) is 7. The van der Waals surface area contributed by atoms with E-state index in [2.05, 4.69) is 12.9 Å². The molecule has 0 aliphatic rings. The predicted octanol–water partition coefficient (Wildman–Crippen LogP) is -1.23. The molecule has 0 bridgehead atoms. The second-order valence-electron chi connectivity index (χ2n) is 2.16. The third kappa shape index (κ3) is 16.3. The molecule has 0 aromatic rings. The van der Waals surface area contributed by atoms with Gasteiger partial charge in [-0.3, -0.25) is 0 Å². The first-order valence-corrected chi connectivity index (χ1v) is 9.08. The van der Waals surface area contributed by atoms with E-state index in [1.54, 1.807) is 0 Å². The Bertz CT molecular complexity index is 383. The van der Waals surface area contributed by atoms with Gasteiger partial charge in [-0.05, 0) is 0 Å². The van der Waals surface area contributed by atoms with Crippen LogP contribution >= 0.6 is 31.3 Å². The fraction of sp³-hybridized carbons (Fsp3) is 0. The maximum absolute atomic E-state index is 11.1. The molecule has 0 aliphatic carbocycles. The van der Waals surface area contributed by atoms with Crippen molar-refractivity contribution >= 4 is 60.8 Å². The molecule has 19 heavy (non-hydrogen) atoms. The first-order valence-electron chi connectivity index (χ1n) is 3.03. The van der Waals surface area contributed by atoms with Crippen LogP contribution in [0, 0.1) is 0 Å². The van der Waals surface area contributed by atoms with E-state index in [4.69, 9.17) is 29.4 Å². The van der Waals surface area contributed by atoms with Gasteiger partial charge in [-0.2, -0.15) is 12.9 Å². The van der Waals surface area contributed by atoms with Crippen LogP contribution in [0.5, 0.6) is 0 Å². The Hall–Kier alpha value is 2.08. The van der Waals surface area contributed by atoms with Gasteiger partial charge < -0.3 is 29.4 Å². The van der Waals surface area contributed by atoms with Crippen molar-refractivity contribution in [1.82, 2.24) is 0 Å². The van der Waals surface area contributed by atoms with Gasteiger partial charge in [0.05, 0.1) is 0 Å². The minimum atomic E-state index is -5.87. The molecule has 6 N–H and O–H groups in total. The van der Waals surface area contributed by atoms with Crippen LogP contribution in [0.1, 0.15) is 0 Å². The molecule has 0 spiro atoms. The van der Waals surface area contributed by atoms with Crippen molar-refractivity contribution in [2.24, 2.45) is 0 Å². The molecule has 0 heterocycles. The number of hydrogen-bond donors (Lipinski definition) is 6. The van der Waals surface area contributed by atoms with Crippen LogP contribution in [0.4, 0.5) is 0 Å². The van der Waals surface area contributed by atoms with Crippen molar-refractivity contribution in [2.75, 3.05) is 0 Å². The Balaban J connectivity index is -0.00000128. The summed E-state index contributed by atoms with van der Waals surface area (Å²) in [4.78, 5) is 49.2. The monoisotopic (exact) mass is 418 g/mol. The first-order chi connectivity index (χ1) is 7.12. The molecular weight excluding hydrogens is 411 g/mol. The molecule has 0 unspecified atom stereocenters. The van der Waals surface area contributed by atoms with Crippen LogP contribution in [-0.4, -0.2) is 58.9 Å². The summed E-state index contributed by atoms with van der Waals surface area (Å²) >= 11 is 0. The zero-order chi connectivity index (χ0) is 14.1. The van der Waals surface area contributed by atoms with Gasteiger partial charge in [-0.25, -0.2) is 18.3 Å². The van der Waals surface area contributed by atoms with Gasteiger partial charge in [-0.1, -0.05) is 0 Å². The topological polar surface area (TPSA) is 217 Å². The van der Waals surface area contributed by atoms with Gasteiger partial charge in [0.25, 0.3) is 0 Å². The third-order valence-corrected chi connectivity index (χ3v) is 5.57. The fourth-order valence-electron chi connectivity index (χ4n) is 0.436. The third-order valence-electron chi connectivity index (χ3n) is 0.619. The molecule has 0 saturated heterocycles. The summed E-state index contributed by atoms with van der Waals surface area (Å²) < 4.78 is 51.4. The van der Waals surface area contributed by atoms with Gasteiger partial charge in [0, 0.05) is 17.1 Å². The van der Waals surface area contributed by atoms with E-state index in [9.17, 15) is 18.3 Å². The summed E-state index contributed by atoms with van der Waals surface area (Å²) in [6.45, 7) is 0. The maximum atomic E-state index is 11.1. The van der Waals surface area contributed by atoms with Crippen molar-refractivity contribution in [3.63, 3.8) is 0 Å². The van der Waals surface area contributed by atoms with Crippen LogP contribution in [0.15, 0.2) is 0 Å². The van der Waals surface area contributed by atoms with Gasteiger partial charge in [-0.15, -0.1) is 0 Å². The van der Waals surface area contributed by atoms with E-state index >= 15 is 0 Å². The summed E-state index contributed by atoms with van der Waals surface area (Å²) in [5.41, 5.74) is 0. The average molecular weight is 418 g/mol. The van der Waals surface area contributed by atoms with Crippen LogP contribution in [0.2, 0.25) is 0 Å². The van der Waals surface area contributed by atoms with Gasteiger partial charge in [0.15, 0.2) is 0 Å². The SMILES string of the molecule is O=P(O)(O)OP(=O)(OP(=O)(O)O)OP(=O)(O)O.[Fe].[NaH]. The van der Waals surface area contributed by atoms with Gasteiger partial charge >= 0.3 is 60.8 Å². The second kappa shape index (κ2) is 8.64. The van der Waals surface area contributed by atoms with Crippen molar-refractivity contribution in [3.05, 3.63) is 0 Å². The number of rotatable bonds is 6. The fourth-order valence-corrected chi connectivity index (χ4v) is 4.72. The Morgan fingerprint density at radius 3 is 0.842 bits per heavy atom. The molecule has 13 nitrogen and oxygen atoms in total. The van der Waals surface area contributed by atoms with Gasteiger partial charge in [0.1, 0.15) is 0 Å². The molecule has 0 aliphatic heterocycles. The standard InChI is InChI=1S/Fe.Na.H6O13P4.H/c;;1-14(2,3)11-17(10,12-15(4,5)6)13-16(7,8)9;/h;;(H2,1,2,3)(H2,4,5,6)(H2,7,8,9);. The minimum absolute atomic E-state index is 0. The quantitative estimate of drug-likeness (QED) is 0.220. The molecule has 0 radical (unpaired) electrons. The van der Waals surface area contributed by atoms with Crippen molar-refractivity contribution in [3.8, 4) is 0 Å². The summed E-state index contributed by atoms with van der Waals surface area (Å²) in [5, 5.41) is 0. The van der Waals surface area contributed by atoms with Crippen LogP contribution in [-0.2, 0) is 48.3 Å². The van der Waals surface area contributed by atoms with E-state index in [-0.39, 0.29) is 46.6 Å². The van der Waals surface area contributed by atoms with Crippen molar-refractivity contribution < 1.29 is 77.6 Å². The average Bonchev–Trinajstić information content (AvgIpc) is 1.65.